The highest BCUT2D eigenvalue weighted by Crippen LogP contribution is 2.19. The molecule has 2 amide bonds. The predicted octanol–water partition coefficient (Wildman–Crippen LogP) is 3.73. The SMILES string of the molecule is Cc1ccccc1C(C)NC(=O)N(C)Cc1ccc(N2CCOCC2)cc1. The van der Waals surface area contributed by atoms with E-state index in [2.05, 4.69) is 53.5 Å². The minimum absolute atomic E-state index is 0.0233. The fraction of sp³-hybridized carbons (Fsp3) is 0.409. The molecule has 1 aliphatic rings. The van der Waals surface area contributed by atoms with Crippen molar-refractivity contribution in [2.24, 2.45) is 0 Å². The molecule has 0 aliphatic carbocycles. The molecule has 1 N–H and O–H groups in total. The van der Waals surface area contributed by atoms with Crippen LogP contribution in [0.25, 0.3) is 0 Å². The number of urea groups is 1. The van der Waals surface area contributed by atoms with Gasteiger partial charge in [-0.05, 0) is 42.7 Å². The molecule has 2 aromatic carbocycles. The van der Waals surface area contributed by atoms with Gasteiger partial charge in [0, 0.05) is 32.4 Å². The van der Waals surface area contributed by atoms with E-state index in [-0.39, 0.29) is 12.1 Å². The van der Waals surface area contributed by atoms with Crippen molar-refractivity contribution in [2.45, 2.75) is 26.4 Å². The van der Waals surface area contributed by atoms with E-state index in [0.717, 1.165) is 37.4 Å². The van der Waals surface area contributed by atoms with Crippen molar-refractivity contribution in [1.82, 2.24) is 10.2 Å². The number of aryl methyl sites for hydroxylation is 1. The molecule has 1 heterocycles. The monoisotopic (exact) mass is 367 g/mol. The smallest absolute Gasteiger partial charge is 0.317 e. The van der Waals surface area contributed by atoms with Gasteiger partial charge in [-0.1, -0.05) is 36.4 Å². The Labute approximate surface area is 161 Å². The van der Waals surface area contributed by atoms with Crippen molar-refractivity contribution in [2.75, 3.05) is 38.3 Å². The van der Waals surface area contributed by atoms with Gasteiger partial charge in [0.05, 0.1) is 19.3 Å². The highest BCUT2D eigenvalue weighted by atomic mass is 16.5. The Morgan fingerprint density at radius 3 is 2.48 bits per heavy atom. The van der Waals surface area contributed by atoms with Crippen molar-refractivity contribution in [1.29, 1.82) is 0 Å². The molecule has 0 aromatic heterocycles. The molecular weight excluding hydrogens is 338 g/mol. The maximum absolute atomic E-state index is 12.5. The van der Waals surface area contributed by atoms with Crippen molar-refractivity contribution < 1.29 is 9.53 Å². The normalized spacial score (nSPS) is 15.3. The number of amides is 2. The van der Waals surface area contributed by atoms with Gasteiger partial charge in [-0.25, -0.2) is 4.79 Å². The van der Waals surface area contributed by atoms with Crippen molar-refractivity contribution in [3.8, 4) is 0 Å². The molecule has 2 aromatic rings. The van der Waals surface area contributed by atoms with Gasteiger partial charge < -0.3 is 19.9 Å². The Kier molecular flexibility index (Phi) is 6.35. The summed E-state index contributed by atoms with van der Waals surface area (Å²) in [7, 11) is 1.83. The maximum atomic E-state index is 12.5. The average molecular weight is 367 g/mol. The molecule has 1 unspecified atom stereocenters. The maximum Gasteiger partial charge on any atom is 0.317 e. The van der Waals surface area contributed by atoms with E-state index in [0.29, 0.717) is 6.54 Å². The molecule has 5 nitrogen and oxygen atoms in total. The Morgan fingerprint density at radius 2 is 1.81 bits per heavy atom. The molecule has 27 heavy (non-hydrogen) atoms. The summed E-state index contributed by atoms with van der Waals surface area (Å²) in [6.07, 6.45) is 0. The van der Waals surface area contributed by atoms with Crippen LogP contribution in [-0.2, 0) is 11.3 Å². The molecule has 0 saturated carbocycles. The van der Waals surface area contributed by atoms with Crippen LogP contribution in [0, 0.1) is 6.92 Å². The number of nitrogens with one attached hydrogen (secondary N) is 1. The van der Waals surface area contributed by atoms with E-state index < -0.39 is 0 Å². The van der Waals surface area contributed by atoms with Crippen LogP contribution in [0.4, 0.5) is 10.5 Å². The van der Waals surface area contributed by atoms with E-state index in [1.807, 2.05) is 26.1 Å². The van der Waals surface area contributed by atoms with Crippen LogP contribution in [0.15, 0.2) is 48.5 Å². The van der Waals surface area contributed by atoms with Crippen LogP contribution in [0.1, 0.15) is 29.7 Å². The summed E-state index contributed by atoms with van der Waals surface area (Å²) >= 11 is 0. The largest absolute Gasteiger partial charge is 0.378 e. The summed E-state index contributed by atoms with van der Waals surface area (Å²) in [6.45, 7) is 8.09. The number of hydrogen-bond acceptors (Lipinski definition) is 3. The number of carbonyl (C=O) groups excluding carboxylic acids is 1. The van der Waals surface area contributed by atoms with E-state index in [4.69, 9.17) is 4.74 Å². The molecule has 0 bridgehead atoms. The number of morpholine rings is 1. The lowest BCUT2D eigenvalue weighted by atomic mass is 10.0. The van der Waals surface area contributed by atoms with E-state index in [1.54, 1.807) is 4.90 Å². The lowest BCUT2D eigenvalue weighted by Crippen LogP contribution is -2.38. The Balaban J connectivity index is 1.55. The molecule has 1 fully saturated rings. The number of benzene rings is 2. The van der Waals surface area contributed by atoms with Crippen molar-refractivity contribution in [3.63, 3.8) is 0 Å². The molecule has 0 spiro atoms. The van der Waals surface area contributed by atoms with Gasteiger partial charge in [0.25, 0.3) is 0 Å². The molecule has 144 valence electrons. The summed E-state index contributed by atoms with van der Waals surface area (Å²) < 4.78 is 5.40. The van der Waals surface area contributed by atoms with Crippen LogP contribution >= 0.6 is 0 Å². The zero-order chi connectivity index (χ0) is 19.2. The first kappa shape index (κ1) is 19.2. The number of nitrogens with zero attached hydrogens (tertiary/aromatic N) is 2. The lowest BCUT2D eigenvalue weighted by Gasteiger charge is -2.29. The van der Waals surface area contributed by atoms with Crippen molar-refractivity contribution in [3.05, 3.63) is 65.2 Å². The van der Waals surface area contributed by atoms with E-state index >= 15 is 0 Å². The number of rotatable bonds is 5. The van der Waals surface area contributed by atoms with E-state index in [1.165, 1.54) is 11.3 Å². The Hall–Kier alpha value is -2.53. The molecule has 1 saturated heterocycles. The lowest BCUT2D eigenvalue weighted by molar-refractivity contribution is 0.122. The standard InChI is InChI=1S/C22H29N3O2/c1-17-6-4-5-7-21(17)18(2)23-22(26)24(3)16-19-8-10-20(11-9-19)25-12-14-27-15-13-25/h4-11,18H,12-16H2,1-3H3,(H,23,26). The van der Waals surface area contributed by atoms with Crippen LogP contribution in [0.5, 0.6) is 0 Å². The van der Waals surface area contributed by atoms with Gasteiger partial charge in [-0.2, -0.15) is 0 Å². The number of ether oxygens (including phenoxy) is 1. The third-order valence-electron chi connectivity index (χ3n) is 5.07. The summed E-state index contributed by atoms with van der Waals surface area (Å²) in [6, 6.07) is 16.5. The van der Waals surface area contributed by atoms with Gasteiger partial charge in [0.15, 0.2) is 0 Å². The van der Waals surface area contributed by atoms with Gasteiger partial charge in [-0.15, -0.1) is 0 Å². The Bertz CT molecular complexity index is 754. The second-order valence-corrected chi connectivity index (χ2v) is 7.15. The first-order valence-corrected chi connectivity index (χ1v) is 9.53. The number of carbonyl (C=O) groups is 1. The van der Waals surface area contributed by atoms with Gasteiger partial charge in [0.2, 0.25) is 0 Å². The van der Waals surface area contributed by atoms with E-state index in [9.17, 15) is 4.79 Å². The zero-order valence-corrected chi connectivity index (χ0v) is 16.4. The summed E-state index contributed by atoms with van der Waals surface area (Å²) in [5.41, 5.74) is 4.66. The van der Waals surface area contributed by atoms with Gasteiger partial charge in [-0.3, -0.25) is 0 Å². The summed E-state index contributed by atoms with van der Waals surface area (Å²) in [5, 5.41) is 3.08. The van der Waals surface area contributed by atoms with Crippen molar-refractivity contribution >= 4 is 11.7 Å². The fourth-order valence-corrected chi connectivity index (χ4v) is 3.43. The number of anilines is 1. The number of hydrogen-bond donors (Lipinski definition) is 1. The Morgan fingerprint density at radius 1 is 1.15 bits per heavy atom. The fourth-order valence-electron chi connectivity index (χ4n) is 3.43. The predicted molar refractivity (Wildman–Crippen MR) is 109 cm³/mol. The van der Waals surface area contributed by atoms with Gasteiger partial charge >= 0.3 is 6.03 Å². The first-order valence-electron chi connectivity index (χ1n) is 9.53. The van der Waals surface area contributed by atoms with Crippen LogP contribution in [0.2, 0.25) is 0 Å². The summed E-state index contributed by atoms with van der Waals surface area (Å²) in [4.78, 5) is 16.6. The second-order valence-electron chi connectivity index (χ2n) is 7.15. The minimum atomic E-state index is -0.0667. The third-order valence-corrected chi connectivity index (χ3v) is 5.07. The highest BCUT2D eigenvalue weighted by molar-refractivity contribution is 5.74. The van der Waals surface area contributed by atoms with Crippen LogP contribution < -0.4 is 10.2 Å². The molecule has 1 aliphatic heterocycles. The molecule has 1 atom stereocenters. The van der Waals surface area contributed by atoms with Crippen LogP contribution in [0.3, 0.4) is 0 Å². The zero-order valence-electron chi connectivity index (χ0n) is 16.4. The summed E-state index contributed by atoms with van der Waals surface area (Å²) in [5.74, 6) is 0. The molecular formula is C22H29N3O2. The topological polar surface area (TPSA) is 44.8 Å². The molecule has 5 heteroatoms. The second kappa shape index (κ2) is 8.91. The van der Waals surface area contributed by atoms with Crippen LogP contribution in [-0.4, -0.2) is 44.3 Å². The highest BCUT2D eigenvalue weighted by Gasteiger charge is 2.15. The quantitative estimate of drug-likeness (QED) is 0.876. The third kappa shape index (κ3) is 5.01. The first-order chi connectivity index (χ1) is 13.0. The van der Waals surface area contributed by atoms with Gasteiger partial charge in [0.1, 0.15) is 0 Å². The molecule has 0 radical (unpaired) electrons. The molecule has 3 rings (SSSR count). The average Bonchev–Trinajstić information content (AvgIpc) is 2.69. The minimum Gasteiger partial charge on any atom is -0.378 e.